The molecular formula is C28H27NO6S. The van der Waals surface area contributed by atoms with E-state index in [1.807, 2.05) is 53.9 Å². The molecule has 2 aromatic carbocycles. The van der Waals surface area contributed by atoms with Crippen molar-refractivity contribution in [2.45, 2.75) is 31.3 Å². The van der Waals surface area contributed by atoms with Gasteiger partial charge in [-0.15, -0.1) is 11.3 Å². The van der Waals surface area contributed by atoms with Crippen LogP contribution in [-0.2, 0) is 20.9 Å². The van der Waals surface area contributed by atoms with Crippen molar-refractivity contribution in [1.82, 2.24) is 4.90 Å². The molecule has 2 N–H and O–H groups in total. The third-order valence-corrected chi connectivity index (χ3v) is 8.65. The van der Waals surface area contributed by atoms with Gasteiger partial charge in [0.2, 0.25) is 11.8 Å². The quantitative estimate of drug-likeness (QED) is 0.490. The van der Waals surface area contributed by atoms with Crippen molar-refractivity contribution in [1.29, 1.82) is 0 Å². The minimum atomic E-state index is -1.64. The van der Waals surface area contributed by atoms with Crippen molar-refractivity contribution in [3.8, 4) is 11.5 Å². The van der Waals surface area contributed by atoms with Gasteiger partial charge >= 0.3 is 0 Å². The van der Waals surface area contributed by atoms with Crippen LogP contribution in [0.25, 0.3) is 0 Å². The molecule has 7 nitrogen and oxygen atoms in total. The highest BCUT2D eigenvalue weighted by Gasteiger charge is 2.66. The average molecular weight is 506 g/mol. The van der Waals surface area contributed by atoms with Gasteiger partial charge in [-0.1, -0.05) is 36.4 Å². The zero-order valence-corrected chi connectivity index (χ0v) is 20.3. The van der Waals surface area contributed by atoms with E-state index >= 15 is 0 Å². The van der Waals surface area contributed by atoms with Crippen molar-refractivity contribution < 1.29 is 29.3 Å². The Morgan fingerprint density at radius 2 is 1.86 bits per heavy atom. The van der Waals surface area contributed by atoms with Crippen LogP contribution in [0, 0.1) is 23.7 Å². The van der Waals surface area contributed by atoms with Crippen molar-refractivity contribution in [2.24, 2.45) is 23.7 Å². The first kappa shape index (κ1) is 23.2. The molecule has 1 aliphatic carbocycles. The minimum absolute atomic E-state index is 0.106. The number of aliphatic hydroxyl groups is 1. The molecule has 8 heteroatoms. The molecule has 36 heavy (non-hydrogen) atoms. The molecule has 0 spiro atoms. The smallest absolute Gasteiger partial charge is 0.233 e. The molecule has 0 radical (unpaired) electrons. The summed E-state index contributed by atoms with van der Waals surface area (Å²) < 4.78 is 12.3. The molecule has 186 valence electrons. The number of hydrogen-bond donors (Lipinski definition) is 2. The number of ether oxygens (including phenoxy) is 2. The number of nitrogens with zero attached hydrogens (tertiary/aromatic N) is 1. The van der Waals surface area contributed by atoms with E-state index < -0.39 is 35.6 Å². The van der Waals surface area contributed by atoms with Crippen LogP contribution >= 0.6 is 11.3 Å². The van der Waals surface area contributed by atoms with E-state index in [0.29, 0.717) is 18.6 Å². The summed E-state index contributed by atoms with van der Waals surface area (Å²) in [6.07, 6.45) is 0.150. The van der Waals surface area contributed by atoms with E-state index in [-0.39, 0.29) is 30.7 Å². The Morgan fingerprint density at radius 3 is 2.61 bits per heavy atom. The van der Waals surface area contributed by atoms with Gasteiger partial charge in [-0.2, -0.15) is 0 Å². The summed E-state index contributed by atoms with van der Waals surface area (Å²) in [5.41, 5.74) is 0.726. The van der Waals surface area contributed by atoms with Crippen LogP contribution in [0.1, 0.15) is 29.4 Å². The predicted octanol–water partition coefficient (Wildman–Crippen LogP) is 4.12. The van der Waals surface area contributed by atoms with E-state index in [4.69, 9.17) is 9.47 Å². The highest BCUT2D eigenvalue weighted by molar-refractivity contribution is 7.09. The lowest BCUT2D eigenvalue weighted by molar-refractivity contribution is -0.272. The monoisotopic (exact) mass is 505 g/mol. The Balaban J connectivity index is 1.33. The second kappa shape index (κ2) is 9.03. The Labute approximate surface area is 212 Å². The molecule has 3 aliphatic rings. The second-order valence-electron chi connectivity index (χ2n) is 9.83. The summed E-state index contributed by atoms with van der Waals surface area (Å²) in [5, 5.41) is 23.9. The average Bonchev–Trinajstić information content (AvgIpc) is 3.58. The zero-order chi connectivity index (χ0) is 24.9. The Kier molecular flexibility index (Phi) is 5.82. The van der Waals surface area contributed by atoms with Crippen LogP contribution in [0.15, 0.2) is 72.1 Å². The summed E-state index contributed by atoms with van der Waals surface area (Å²) >= 11 is 1.51. The number of amides is 2. The third-order valence-electron chi connectivity index (χ3n) is 7.79. The van der Waals surface area contributed by atoms with E-state index in [2.05, 4.69) is 0 Å². The van der Waals surface area contributed by atoms with Crippen molar-refractivity contribution >= 4 is 23.2 Å². The fourth-order valence-corrected chi connectivity index (χ4v) is 6.79. The normalized spacial score (nSPS) is 31.4. The van der Waals surface area contributed by atoms with Crippen LogP contribution in [-0.4, -0.2) is 39.3 Å². The first-order valence-corrected chi connectivity index (χ1v) is 13.1. The van der Waals surface area contributed by atoms with Gasteiger partial charge in [0.15, 0.2) is 5.79 Å². The van der Waals surface area contributed by atoms with E-state index in [1.54, 1.807) is 18.2 Å². The molecule has 0 unspecified atom stereocenters. The number of rotatable bonds is 6. The number of hydrogen-bond acceptors (Lipinski definition) is 7. The SMILES string of the molecule is O=C1[C@H]2[C@H](C[C@H](COc3ccccc3)[C@@]3(O)O[C@H](c4cccc(O)c4)C[C@@H]23)C(=O)N1Cc1cccs1. The lowest BCUT2D eigenvalue weighted by Gasteiger charge is -2.44. The molecular weight excluding hydrogens is 478 g/mol. The van der Waals surface area contributed by atoms with Gasteiger partial charge in [0.1, 0.15) is 11.5 Å². The van der Waals surface area contributed by atoms with E-state index in [1.165, 1.54) is 16.2 Å². The Bertz CT molecular complexity index is 1260. The highest BCUT2D eigenvalue weighted by atomic mass is 32.1. The van der Waals surface area contributed by atoms with E-state index in [9.17, 15) is 19.8 Å². The maximum Gasteiger partial charge on any atom is 0.233 e. The van der Waals surface area contributed by atoms with Gasteiger partial charge in [0.05, 0.1) is 31.1 Å². The first-order chi connectivity index (χ1) is 17.4. The summed E-state index contributed by atoms with van der Waals surface area (Å²) in [7, 11) is 0. The predicted molar refractivity (Wildman–Crippen MR) is 132 cm³/mol. The summed E-state index contributed by atoms with van der Waals surface area (Å²) in [4.78, 5) is 29.4. The number of phenols is 1. The summed E-state index contributed by atoms with van der Waals surface area (Å²) in [5.74, 6) is -3.57. The second-order valence-corrected chi connectivity index (χ2v) is 10.9. The van der Waals surface area contributed by atoms with Gasteiger partial charge in [-0.05, 0) is 54.1 Å². The first-order valence-electron chi connectivity index (χ1n) is 12.2. The molecule has 6 rings (SSSR count). The van der Waals surface area contributed by atoms with Crippen LogP contribution < -0.4 is 4.74 Å². The standard InChI is InChI=1S/C28H27NO6S/c30-19-7-4-6-17(12-19)24-14-23-25-22(26(31)29(27(25)32)15-21-10-5-11-36-21)13-18(28(23,33)35-24)16-34-20-8-2-1-3-9-20/h1-12,18,22-25,30,33H,13-16H2/t18-,22+,23+,24+,25+,28-/m1/s1. The molecule has 2 aliphatic heterocycles. The largest absolute Gasteiger partial charge is 0.508 e. The number of carbonyl (C=O) groups is 2. The minimum Gasteiger partial charge on any atom is -0.508 e. The molecule has 2 saturated heterocycles. The Morgan fingerprint density at radius 1 is 1.03 bits per heavy atom. The van der Waals surface area contributed by atoms with Crippen molar-refractivity contribution in [3.05, 3.63) is 82.6 Å². The van der Waals surface area contributed by atoms with Crippen LogP contribution in [0.3, 0.4) is 0 Å². The molecule has 6 atom stereocenters. The van der Waals surface area contributed by atoms with Gasteiger partial charge < -0.3 is 19.7 Å². The summed E-state index contributed by atoms with van der Waals surface area (Å²) in [6.45, 7) is 0.398. The highest BCUT2D eigenvalue weighted by Crippen LogP contribution is 2.58. The number of thiophene rings is 1. The molecule has 3 fully saturated rings. The zero-order valence-electron chi connectivity index (χ0n) is 19.5. The number of aromatic hydroxyl groups is 1. The third kappa shape index (κ3) is 3.89. The van der Waals surface area contributed by atoms with Gasteiger partial charge in [0, 0.05) is 16.7 Å². The van der Waals surface area contributed by atoms with Crippen LogP contribution in [0.2, 0.25) is 0 Å². The molecule has 0 bridgehead atoms. The fraction of sp³-hybridized carbons (Fsp3) is 0.357. The number of fused-ring (bicyclic) bond motifs is 3. The van der Waals surface area contributed by atoms with Gasteiger partial charge in [-0.25, -0.2) is 0 Å². The fourth-order valence-electron chi connectivity index (χ4n) is 6.10. The van der Waals surface area contributed by atoms with Crippen molar-refractivity contribution in [3.63, 3.8) is 0 Å². The number of benzene rings is 2. The number of carbonyl (C=O) groups excluding carboxylic acids is 2. The lowest BCUT2D eigenvalue weighted by Crippen LogP contribution is -2.55. The van der Waals surface area contributed by atoms with Crippen molar-refractivity contribution in [2.75, 3.05) is 6.61 Å². The molecule has 3 aromatic rings. The number of imide groups is 1. The molecule has 3 heterocycles. The lowest BCUT2D eigenvalue weighted by atomic mass is 9.64. The van der Waals surface area contributed by atoms with E-state index in [0.717, 1.165) is 10.4 Å². The van der Waals surface area contributed by atoms with Gasteiger partial charge in [0.25, 0.3) is 0 Å². The molecule has 2 amide bonds. The number of para-hydroxylation sites is 1. The number of phenolic OH excluding ortho intramolecular Hbond substituents is 1. The Hall–Kier alpha value is -3.20. The maximum absolute atomic E-state index is 13.6. The van der Waals surface area contributed by atoms with Crippen LogP contribution in [0.4, 0.5) is 0 Å². The summed E-state index contributed by atoms with van der Waals surface area (Å²) in [6, 6.07) is 19.9. The molecule has 1 aromatic heterocycles. The molecule has 1 saturated carbocycles. The maximum atomic E-state index is 13.6. The van der Waals surface area contributed by atoms with Crippen LogP contribution in [0.5, 0.6) is 11.5 Å². The van der Waals surface area contributed by atoms with Gasteiger partial charge in [-0.3, -0.25) is 14.5 Å². The number of likely N-dealkylation sites (tertiary alicyclic amines) is 1. The topological polar surface area (TPSA) is 96.3 Å².